The number of rotatable bonds is 2. The molecule has 0 amide bonds. The molecule has 1 aliphatic heterocycles. The van der Waals surface area contributed by atoms with E-state index in [2.05, 4.69) is 67.3 Å². The molecule has 0 saturated carbocycles. The molecule has 2 aromatic rings. The van der Waals surface area contributed by atoms with Gasteiger partial charge in [-0.1, -0.05) is 59.7 Å². The first-order valence-electron chi connectivity index (χ1n) is 8.32. The van der Waals surface area contributed by atoms with Crippen molar-refractivity contribution in [2.75, 3.05) is 0 Å². The molecule has 0 bridgehead atoms. The molecule has 0 radical (unpaired) electrons. The quantitative estimate of drug-likeness (QED) is 0.602. The number of benzene rings is 2. The monoisotopic (exact) mass is 343 g/mol. The Hall–Kier alpha value is -2.00. The normalized spacial score (nSPS) is 20.3. The highest BCUT2D eigenvalue weighted by atomic mass is 35.5. The Kier molecular flexibility index (Phi) is 5.89. The molecular formula is C20H26ClN3. The molecule has 0 aromatic heterocycles. The molecule has 1 saturated heterocycles. The third-order valence-electron chi connectivity index (χ3n) is 4.83. The van der Waals surface area contributed by atoms with Crippen LogP contribution in [0.4, 0.5) is 0 Å². The van der Waals surface area contributed by atoms with Crippen molar-refractivity contribution >= 4 is 18.4 Å². The molecule has 2 aromatic carbocycles. The van der Waals surface area contributed by atoms with E-state index >= 15 is 0 Å². The van der Waals surface area contributed by atoms with Gasteiger partial charge in [0.25, 0.3) is 0 Å². The largest absolute Gasteiger partial charge is 0.370 e. The minimum atomic E-state index is 0. The molecule has 24 heavy (non-hydrogen) atoms. The molecule has 1 heterocycles. The van der Waals surface area contributed by atoms with E-state index in [0.29, 0.717) is 0 Å². The smallest absolute Gasteiger partial charge is 0.189 e. The van der Waals surface area contributed by atoms with Crippen molar-refractivity contribution in [1.29, 1.82) is 5.41 Å². The fourth-order valence-electron chi connectivity index (χ4n) is 3.57. The van der Waals surface area contributed by atoms with Crippen LogP contribution in [0.2, 0.25) is 0 Å². The highest BCUT2D eigenvalue weighted by molar-refractivity contribution is 5.85. The van der Waals surface area contributed by atoms with E-state index in [0.717, 1.165) is 19.3 Å². The average Bonchev–Trinajstić information content (AvgIpc) is 2.55. The van der Waals surface area contributed by atoms with Gasteiger partial charge in [-0.2, -0.15) is 0 Å². The molecule has 3 nitrogen and oxygen atoms in total. The van der Waals surface area contributed by atoms with Gasteiger partial charge in [0.1, 0.15) is 0 Å². The molecule has 0 unspecified atom stereocenters. The minimum absolute atomic E-state index is 0. The fourth-order valence-corrected chi connectivity index (χ4v) is 3.57. The van der Waals surface area contributed by atoms with Gasteiger partial charge in [0, 0.05) is 0 Å². The number of likely N-dealkylation sites (tertiary alicyclic amines) is 1. The van der Waals surface area contributed by atoms with Gasteiger partial charge in [-0.3, -0.25) is 5.41 Å². The Morgan fingerprint density at radius 3 is 1.58 bits per heavy atom. The maximum atomic E-state index is 8.14. The number of halogens is 1. The predicted molar refractivity (Wildman–Crippen MR) is 103 cm³/mol. The minimum Gasteiger partial charge on any atom is -0.370 e. The summed E-state index contributed by atoms with van der Waals surface area (Å²) in [7, 11) is 0. The third kappa shape index (κ3) is 3.73. The van der Waals surface area contributed by atoms with Crippen molar-refractivity contribution in [2.24, 2.45) is 5.73 Å². The highest BCUT2D eigenvalue weighted by Crippen LogP contribution is 2.41. The number of hydrogen-bond acceptors (Lipinski definition) is 1. The van der Waals surface area contributed by atoms with Crippen LogP contribution in [0.1, 0.15) is 53.6 Å². The van der Waals surface area contributed by atoms with Gasteiger partial charge in [-0.05, 0) is 44.2 Å². The van der Waals surface area contributed by atoms with E-state index in [1.807, 2.05) is 0 Å². The molecule has 2 atom stereocenters. The van der Waals surface area contributed by atoms with Gasteiger partial charge in [0.2, 0.25) is 0 Å². The molecule has 4 heteroatoms. The van der Waals surface area contributed by atoms with Crippen LogP contribution >= 0.6 is 12.4 Å². The predicted octanol–water partition coefficient (Wildman–Crippen LogP) is 4.89. The molecule has 0 spiro atoms. The lowest BCUT2D eigenvalue weighted by molar-refractivity contribution is 0.165. The number of nitrogens with zero attached hydrogens (tertiary/aromatic N) is 1. The second-order valence-electron chi connectivity index (χ2n) is 6.58. The van der Waals surface area contributed by atoms with E-state index in [1.54, 1.807) is 0 Å². The second-order valence-corrected chi connectivity index (χ2v) is 6.58. The number of piperidine rings is 1. The summed E-state index contributed by atoms with van der Waals surface area (Å²) in [6, 6.07) is 17.6. The van der Waals surface area contributed by atoms with E-state index < -0.39 is 0 Å². The zero-order chi connectivity index (χ0) is 16.4. The van der Waals surface area contributed by atoms with Crippen LogP contribution in [-0.4, -0.2) is 10.9 Å². The maximum Gasteiger partial charge on any atom is 0.189 e. The molecule has 1 fully saturated rings. The lowest BCUT2D eigenvalue weighted by Gasteiger charge is -2.43. The number of nitrogens with two attached hydrogens (primary N) is 1. The van der Waals surface area contributed by atoms with Crippen molar-refractivity contribution in [3.05, 3.63) is 70.8 Å². The van der Waals surface area contributed by atoms with Gasteiger partial charge in [-0.25, -0.2) is 0 Å². The lowest BCUT2D eigenvalue weighted by Crippen LogP contribution is -2.44. The molecule has 128 valence electrons. The number of hydrogen-bond donors (Lipinski definition) is 2. The van der Waals surface area contributed by atoms with E-state index in [-0.39, 0.29) is 30.5 Å². The Morgan fingerprint density at radius 2 is 1.25 bits per heavy atom. The average molecular weight is 344 g/mol. The third-order valence-corrected chi connectivity index (χ3v) is 4.83. The van der Waals surface area contributed by atoms with Gasteiger partial charge in [0.15, 0.2) is 5.96 Å². The first-order valence-corrected chi connectivity index (χ1v) is 8.32. The van der Waals surface area contributed by atoms with Crippen LogP contribution in [0.3, 0.4) is 0 Å². The van der Waals surface area contributed by atoms with Gasteiger partial charge in [0.05, 0.1) is 12.1 Å². The first kappa shape index (κ1) is 18.3. The summed E-state index contributed by atoms with van der Waals surface area (Å²) in [5, 5.41) is 8.14. The highest BCUT2D eigenvalue weighted by Gasteiger charge is 2.33. The molecule has 0 aliphatic carbocycles. The van der Waals surface area contributed by atoms with Crippen LogP contribution in [-0.2, 0) is 0 Å². The van der Waals surface area contributed by atoms with Crippen LogP contribution in [0.25, 0.3) is 0 Å². The summed E-state index contributed by atoms with van der Waals surface area (Å²) in [6.45, 7) is 4.20. The number of guanidine groups is 1. The van der Waals surface area contributed by atoms with Gasteiger partial charge in [-0.15, -0.1) is 12.4 Å². The van der Waals surface area contributed by atoms with Crippen molar-refractivity contribution < 1.29 is 0 Å². The van der Waals surface area contributed by atoms with Crippen molar-refractivity contribution in [3.8, 4) is 0 Å². The summed E-state index contributed by atoms with van der Waals surface area (Å²) in [6.07, 6.45) is 3.25. The van der Waals surface area contributed by atoms with Crippen LogP contribution in [0.5, 0.6) is 0 Å². The fraction of sp³-hybridized carbons (Fsp3) is 0.350. The Morgan fingerprint density at radius 1 is 0.875 bits per heavy atom. The first-order chi connectivity index (χ1) is 11.1. The lowest BCUT2D eigenvalue weighted by atomic mass is 9.87. The second kappa shape index (κ2) is 7.71. The van der Waals surface area contributed by atoms with E-state index in [4.69, 9.17) is 11.1 Å². The SMILES string of the molecule is Cc1ccc([C@H]2CCC[C@H](c3ccc(C)cc3)N2C(=N)N)cc1.Cl. The van der Waals surface area contributed by atoms with Crippen LogP contribution in [0, 0.1) is 19.3 Å². The molecule has 3 rings (SSSR count). The maximum absolute atomic E-state index is 8.14. The summed E-state index contributed by atoms with van der Waals surface area (Å²) in [4.78, 5) is 2.10. The Labute approximate surface area is 150 Å². The van der Waals surface area contributed by atoms with Crippen molar-refractivity contribution in [1.82, 2.24) is 4.90 Å². The van der Waals surface area contributed by atoms with Crippen LogP contribution in [0.15, 0.2) is 48.5 Å². The number of aryl methyl sites for hydroxylation is 2. The summed E-state index contributed by atoms with van der Waals surface area (Å²) < 4.78 is 0. The van der Waals surface area contributed by atoms with E-state index in [9.17, 15) is 0 Å². The zero-order valence-electron chi connectivity index (χ0n) is 14.3. The topological polar surface area (TPSA) is 53.1 Å². The van der Waals surface area contributed by atoms with Gasteiger partial charge >= 0.3 is 0 Å². The molecule has 1 aliphatic rings. The molecular weight excluding hydrogens is 318 g/mol. The summed E-state index contributed by atoms with van der Waals surface area (Å²) in [5.74, 6) is 0.167. The Bertz CT molecular complexity index is 626. The summed E-state index contributed by atoms with van der Waals surface area (Å²) in [5.41, 5.74) is 11.0. The molecule has 3 N–H and O–H groups in total. The Balaban J connectivity index is 0.00000208. The van der Waals surface area contributed by atoms with Crippen molar-refractivity contribution in [3.63, 3.8) is 0 Å². The standard InChI is InChI=1S/C20H25N3.ClH/c1-14-6-10-16(11-7-14)18-4-3-5-19(23(18)20(21)22)17-12-8-15(2)9-13-17;/h6-13,18-19H,3-5H2,1-2H3,(H3,21,22);1H/t18-,19-;/m1./s1. The number of nitrogens with one attached hydrogen (secondary N) is 1. The van der Waals surface area contributed by atoms with Crippen LogP contribution < -0.4 is 5.73 Å². The summed E-state index contributed by atoms with van der Waals surface area (Å²) >= 11 is 0. The van der Waals surface area contributed by atoms with E-state index in [1.165, 1.54) is 22.3 Å². The van der Waals surface area contributed by atoms with Crippen molar-refractivity contribution in [2.45, 2.75) is 45.2 Å². The zero-order valence-corrected chi connectivity index (χ0v) is 15.1. The van der Waals surface area contributed by atoms with Gasteiger partial charge < -0.3 is 10.6 Å².